The molecular weight excluding hydrogens is 373 g/mol. The molecule has 100 valence electrons. The van der Waals surface area contributed by atoms with E-state index in [1.54, 1.807) is 30.3 Å². The van der Waals surface area contributed by atoms with Crippen LogP contribution in [0.15, 0.2) is 40.9 Å². The fourth-order valence-electron chi connectivity index (χ4n) is 1.75. The standard InChI is InChI=1S/C14H9BrCl3F/c15-10-3-1-2-9(14(10)19)12(17)6-8-4-5-11(16)13(18)7-8/h1-5,7,12H,6H2. The second-order valence-corrected chi connectivity index (χ2v) is 6.26. The molecule has 0 saturated heterocycles. The van der Waals surface area contributed by atoms with Crippen LogP contribution in [0.25, 0.3) is 0 Å². The van der Waals surface area contributed by atoms with E-state index in [0.717, 1.165) is 5.56 Å². The summed E-state index contributed by atoms with van der Waals surface area (Å²) in [7, 11) is 0. The molecule has 0 N–H and O–H groups in total. The average Bonchev–Trinajstić information content (AvgIpc) is 2.37. The molecule has 0 aromatic heterocycles. The van der Waals surface area contributed by atoms with Crippen molar-refractivity contribution in [1.82, 2.24) is 0 Å². The van der Waals surface area contributed by atoms with Crippen LogP contribution in [0.5, 0.6) is 0 Å². The fourth-order valence-corrected chi connectivity index (χ4v) is 2.79. The third kappa shape index (κ3) is 3.63. The summed E-state index contributed by atoms with van der Waals surface area (Å²) < 4.78 is 14.3. The maximum absolute atomic E-state index is 13.9. The molecule has 0 aliphatic heterocycles. The van der Waals surface area contributed by atoms with Gasteiger partial charge in [0.15, 0.2) is 0 Å². The molecule has 2 aromatic rings. The van der Waals surface area contributed by atoms with E-state index in [1.165, 1.54) is 0 Å². The molecule has 0 spiro atoms. The zero-order valence-corrected chi connectivity index (χ0v) is 13.5. The molecule has 1 atom stereocenters. The van der Waals surface area contributed by atoms with E-state index in [2.05, 4.69) is 15.9 Å². The van der Waals surface area contributed by atoms with Gasteiger partial charge in [-0.15, -0.1) is 11.6 Å². The van der Waals surface area contributed by atoms with Gasteiger partial charge in [0.2, 0.25) is 0 Å². The summed E-state index contributed by atoms with van der Waals surface area (Å²) in [5.74, 6) is -0.331. The largest absolute Gasteiger partial charge is 0.205 e. The Hall–Kier alpha value is -0.280. The summed E-state index contributed by atoms with van der Waals surface area (Å²) in [6.07, 6.45) is 0.478. The minimum Gasteiger partial charge on any atom is -0.205 e. The molecule has 0 nitrogen and oxygen atoms in total. The molecular formula is C14H9BrCl3F. The molecule has 0 fully saturated rings. The molecule has 19 heavy (non-hydrogen) atoms. The van der Waals surface area contributed by atoms with E-state index >= 15 is 0 Å². The summed E-state index contributed by atoms with van der Waals surface area (Å²) in [5, 5.41) is 0.498. The predicted octanol–water partition coefficient (Wildman–Crippen LogP) is 6.42. The normalized spacial score (nSPS) is 12.5. The molecule has 0 radical (unpaired) electrons. The molecule has 0 heterocycles. The lowest BCUT2D eigenvalue weighted by atomic mass is 10.0. The van der Waals surface area contributed by atoms with Crippen LogP contribution >= 0.6 is 50.7 Å². The number of benzene rings is 2. The van der Waals surface area contributed by atoms with Crippen molar-refractivity contribution in [2.24, 2.45) is 0 Å². The number of hydrogen-bond donors (Lipinski definition) is 0. The van der Waals surface area contributed by atoms with Crippen LogP contribution < -0.4 is 0 Å². The van der Waals surface area contributed by atoms with Crippen LogP contribution in [0, 0.1) is 5.82 Å². The van der Waals surface area contributed by atoms with Gasteiger partial charge in [-0.1, -0.05) is 41.4 Å². The van der Waals surface area contributed by atoms with Crippen LogP contribution in [0.1, 0.15) is 16.5 Å². The first-order valence-corrected chi connectivity index (χ1v) is 7.49. The Bertz CT molecular complexity index is 601. The minimum atomic E-state index is -0.463. The molecule has 2 rings (SSSR count). The van der Waals surface area contributed by atoms with Gasteiger partial charge in [-0.05, 0) is 46.1 Å². The molecule has 0 saturated carbocycles. The Morgan fingerprint density at radius 2 is 1.84 bits per heavy atom. The second kappa shape index (κ2) is 6.45. The Balaban J connectivity index is 2.23. The summed E-state index contributed by atoms with van der Waals surface area (Å²) in [4.78, 5) is 0. The first-order chi connectivity index (χ1) is 8.99. The monoisotopic (exact) mass is 380 g/mol. The third-order valence-corrected chi connectivity index (χ3v) is 4.46. The maximum Gasteiger partial charge on any atom is 0.142 e. The second-order valence-electron chi connectivity index (χ2n) is 4.06. The Kier molecular flexibility index (Phi) is 5.13. The molecule has 1 unspecified atom stereocenters. The van der Waals surface area contributed by atoms with Crippen molar-refractivity contribution in [2.75, 3.05) is 0 Å². The number of hydrogen-bond acceptors (Lipinski definition) is 0. The van der Waals surface area contributed by atoms with Gasteiger partial charge >= 0.3 is 0 Å². The van der Waals surface area contributed by atoms with E-state index in [1.807, 2.05) is 6.07 Å². The van der Waals surface area contributed by atoms with Gasteiger partial charge < -0.3 is 0 Å². The topological polar surface area (TPSA) is 0 Å². The van der Waals surface area contributed by atoms with Crippen molar-refractivity contribution in [3.63, 3.8) is 0 Å². The molecule has 0 aliphatic rings. The molecule has 0 aliphatic carbocycles. The lowest BCUT2D eigenvalue weighted by Crippen LogP contribution is -1.99. The Morgan fingerprint density at radius 1 is 1.11 bits per heavy atom. The van der Waals surface area contributed by atoms with E-state index < -0.39 is 5.38 Å². The highest BCUT2D eigenvalue weighted by Crippen LogP contribution is 2.32. The predicted molar refractivity (Wildman–Crippen MR) is 82.9 cm³/mol. The van der Waals surface area contributed by atoms with Gasteiger partial charge in [0, 0.05) is 5.56 Å². The quantitative estimate of drug-likeness (QED) is 0.538. The summed E-state index contributed by atoms with van der Waals surface area (Å²) >= 11 is 21.2. The average molecular weight is 382 g/mol. The Morgan fingerprint density at radius 3 is 2.53 bits per heavy atom. The van der Waals surface area contributed by atoms with Crippen molar-refractivity contribution in [2.45, 2.75) is 11.8 Å². The van der Waals surface area contributed by atoms with Gasteiger partial charge in [0.25, 0.3) is 0 Å². The van der Waals surface area contributed by atoms with Gasteiger partial charge in [0.05, 0.1) is 19.9 Å². The van der Waals surface area contributed by atoms with E-state index in [-0.39, 0.29) is 5.82 Å². The third-order valence-electron chi connectivity index (χ3n) is 2.72. The van der Waals surface area contributed by atoms with Crippen molar-refractivity contribution in [1.29, 1.82) is 0 Å². The van der Waals surface area contributed by atoms with Gasteiger partial charge in [0.1, 0.15) is 5.82 Å². The van der Waals surface area contributed by atoms with E-state index in [0.29, 0.717) is 26.5 Å². The molecule has 5 heteroatoms. The lowest BCUT2D eigenvalue weighted by Gasteiger charge is -2.12. The van der Waals surface area contributed by atoms with Crippen LogP contribution in [-0.4, -0.2) is 0 Å². The van der Waals surface area contributed by atoms with E-state index in [9.17, 15) is 4.39 Å². The first kappa shape index (κ1) is 15.1. The number of alkyl halides is 1. The minimum absolute atomic E-state index is 0.331. The SMILES string of the molecule is Fc1c(Br)cccc1C(Cl)Cc1ccc(Cl)c(Cl)c1. The van der Waals surface area contributed by atoms with Gasteiger partial charge in [-0.25, -0.2) is 4.39 Å². The molecule has 0 bridgehead atoms. The Labute approximate surface area is 134 Å². The highest BCUT2D eigenvalue weighted by atomic mass is 79.9. The van der Waals surface area contributed by atoms with Crippen LogP contribution in [-0.2, 0) is 6.42 Å². The fraction of sp³-hybridized carbons (Fsp3) is 0.143. The van der Waals surface area contributed by atoms with E-state index in [4.69, 9.17) is 34.8 Å². The van der Waals surface area contributed by atoms with Crippen molar-refractivity contribution in [3.8, 4) is 0 Å². The van der Waals surface area contributed by atoms with Crippen LogP contribution in [0.3, 0.4) is 0 Å². The first-order valence-electron chi connectivity index (χ1n) is 5.51. The zero-order valence-electron chi connectivity index (χ0n) is 9.64. The zero-order chi connectivity index (χ0) is 14.0. The van der Waals surface area contributed by atoms with Crippen molar-refractivity contribution < 1.29 is 4.39 Å². The number of rotatable bonds is 3. The summed E-state index contributed by atoms with van der Waals surface area (Å²) in [6.45, 7) is 0. The molecule has 0 amide bonds. The van der Waals surface area contributed by atoms with Gasteiger partial charge in [-0.2, -0.15) is 0 Å². The maximum atomic E-state index is 13.9. The number of halogens is 5. The molecule has 2 aromatic carbocycles. The lowest BCUT2D eigenvalue weighted by molar-refractivity contribution is 0.599. The van der Waals surface area contributed by atoms with Crippen LogP contribution in [0.2, 0.25) is 10.0 Å². The smallest absolute Gasteiger partial charge is 0.142 e. The van der Waals surface area contributed by atoms with Crippen molar-refractivity contribution in [3.05, 3.63) is 67.9 Å². The summed E-state index contributed by atoms with van der Waals surface area (Å²) in [6, 6.07) is 10.4. The summed E-state index contributed by atoms with van der Waals surface area (Å²) in [5.41, 5.74) is 1.37. The van der Waals surface area contributed by atoms with Gasteiger partial charge in [-0.3, -0.25) is 0 Å². The van der Waals surface area contributed by atoms with Crippen molar-refractivity contribution >= 4 is 50.7 Å². The highest BCUT2D eigenvalue weighted by Gasteiger charge is 2.16. The van der Waals surface area contributed by atoms with Crippen LogP contribution in [0.4, 0.5) is 4.39 Å². The highest BCUT2D eigenvalue weighted by molar-refractivity contribution is 9.10.